The SMILES string of the molecule is CC(=O)Nc1cccc(C(C)NCc2nnc(C)n2C)c1. The summed E-state index contributed by atoms with van der Waals surface area (Å²) < 4.78 is 1.97. The number of aromatic nitrogens is 3. The number of hydrogen-bond donors (Lipinski definition) is 2. The second kappa shape index (κ2) is 6.49. The van der Waals surface area contributed by atoms with Gasteiger partial charge in [0.1, 0.15) is 11.6 Å². The molecular weight excluding hydrogens is 266 g/mol. The number of hydrogen-bond acceptors (Lipinski definition) is 4. The molecule has 6 nitrogen and oxygen atoms in total. The van der Waals surface area contributed by atoms with Gasteiger partial charge in [0, 0.05) is 25.7 Å². The number of carbonyl (C=O) groups is 1. The van der Waals surface area contributed by atoms with E-state index in [1.54, 1.807) is 0 Å². The number of aryl methyl sites for hydroxylation is 1. The van der Waals surface area contributed by atoms with Gasteiger partial charge < -0.3 is 15.2 Å². The monoisotopic (exact) mass is 287 g/mol. The van der Waals surface area contributed by atoms with Crippen LogP contribution in [0.25, 0.3) is 0 Å². The van der Waals surface area contributed by atoms with Gasteiger partial charge in [0.15, 0.2) is 0 Å². The lowest BCUT2D eigenvalue weighted by molar-refractivity contribution is -0.114. The van der Waals surface area contributed by atoms with Crippen LogP contribution in [0.2, 0.25) is 0 Å². The third-order valence-corrected chi connectivity index (χ3v) is 3.46. The van der Waals surface area contributed by atoms with E-state index in [1.165, 1.54) is 6.92 Å². The van der Waals surface area contributed by atoms with Crippen LogP contribution in [0.1, 0.15) is 37.1 Å². The molecular formula is C15H21N5O. The summed E-state index contributed by atoms with van der Waals surface area (Å²) >= 11 is 0. The molecule has 0 bridgehead atoms. The lowest BCUT2D eigenvalue weighted by atomic mass is 10.1. The Morgan fingerprint density at radius 3 is 2.76 bits per heavy atom. The average Bonchev–Trinajstić information content (AvgIpc) is 2.76. The molecule has 112 valence electrons. The molecule has 1 aromatic carbocycles. The van der Waals surface area contributed by atoms with Crippen molar-refractivity contribution in [2.75, 3.05) is 5.32 Å². The molecule has 0 spiro atoms. The van der Waals surface area contributed by atoms with Gasteiger partial charge >= 0.3 is 0 Å². The van der Waals surface area contributed by atoms with Crippen LogP contribution in [0.5, 0.6) is 0 Å². The highest BCUT2D eigenvalue weighted by atomic mass is 16.1. The molecule has 0 radical (unpaired) electrons. The number of carbonyl (C=O) groups excluding carboxylic acids is 1. The minimum absolute atomic E-state index is 0.0673. The summed E-state index contributed by atoms with van der Waals surface area (Å²) in [6.07, 6.45) is 0. The highest BCUT2D eigenvalue weighted by molar-refractivity contribution is 5.88. The zero-order valence-electron chi connectivity index (χ0n) is 12.8. The van der Waals surface area contributed by atoms with E-state index >= 15 is 0 Å². The van der Waals surface area contributed by atoms with E-state index in [9.17, 15) is 4.79 Å². The highest BCUT2D eigenvalue weighted by Crippen LogP contribution is 2.17. The molecule has 0 saturated heterocycles. The first-order valence-electron chi connectivity index (χ1n) is 6.93. The molecule has 0 saturated carbocycles. The van der Waals surface area contributed by atoms with Gasteiger partial charge in [0.2, 0.25) is 5.91 Å². The van der Waals surface area contributed by atoms with Gasteiger partial charge in [-0.15, -0.1) is 10.2 Å². The number of benzene rings is 1. The molecule has 1 amide bonds. The molecule has 21 heavy (non-hydrogen) atoms. The number of nitrogens with one attached hydrogen (secondary N) is 2. The molecule has 1 atom stereocenters. The lowest BCUT2D eigenvalue weighted by Gasteiger charge is -2.15. The van der Waals surface area contributed by atoms with Gasteiger partial charge in [0.25, 0.3) is 0 Å². The van der Waals surface area contributed by atoms with Gasteiger partial charge in [-0.2, -0.15) is 0 Å². The first-order chi connectivity index (χ1) is 9.97. The van der Waals surface area contributed by atoms with Crippen molar-refractivity contribution in [2.24, 2.45) is 7.05 Å². The Bertz CT molecular complexity index is 635. The smallest absolute Gasteiger partial charge is 0.221 e. The van der Waals surface area contributed by atoms with Gasteiger partial charge in [-0.05, 0) is 31.5 Å². The molecule has 0 fully saturated rings. The maximum absolute atomic E-state index is 11.1. The van der Waals surface area contributed by atoms with E-state index in [-0.39, 0.29) is 11.9 Å². The standard InChI is InChI=1S/C15H21N5O/c1-10(16-9-15-19-18-11(2)20(15)4)13-6-5-7-14(8-13)17-12(3)21/h5-8,10,16H,9H2,1-4H3,(H,17,21). The minimum Gasteiger partial charge on any atom is -0.326 e. The Hall–Kier alpha value is -2.21. The summed E-state index contributed by atoms with van der Waals surface area (Å²) in [6.45, 7) is 6.15. The van der Waals surface area contributed by atoms with E-state index in [4.69, 9.17) is 0 Å². The van der Waals surface area contributed by atoms with Crippen LogP contribution in [0.3, 0.4) is 0 Å². The quantitative estimate of drug-likeness (QED) is 0.881. The molecule has 2 N–H and O–H groups in total. The number of amides is 1. The van der Waals surface area contributed by atoms with Crippen molar-refractivity contribution < 1.29 is 4.79 Å². The van der Waals surface area contributed by atoms with Crippen LogP contribution < -0.4 is 10.6 Å². The van der Waals surface area contributed by atoms with Crippen LogP contribution in [0.4, 0.5) is 5.69 Å². The van der Waals surface area contributed by atoms with Crippen LogP contribution in [-0.2, 0) is 18.4 Å². The molecule has 0 aliphatic rings. The fraction of sp³-hybridized carbons (Fsp3) is 0.400. The maximum atomic E-state index is 11.1. The predicted octanol–water partition coefficient (Wildman–Crippen LogP) is 1.93. The summed E-state index contributed by atoms with van der Waals surface area (Å²) in [5, 5.41) is 14.4. The zero-order chi connectivity index (χ0) is 15.4. The molecule has 2 aromatic rings. The molecule has 1 unspecified atom stereocenters. The molecule has 6 heteroatoms. The van der Waals surface area contributed by atoms with E-state index in [1.807, 2.05) is 42.8 Å². The topological polar surface area (TPSA) is 71.8 Å². The third-order valence-electron chi connectivity index (χ3n) is 3.46. The molecule has 0 aliphatic heterocycles. The fourth-order valence-electron chi connectivity index (χ4n) is 2.06. The molecule has 0 aliphatic carbocycles. The van der Waals surface area contributed by atoms with Gasteiger partial charge in [-0.25, -0.2) is 0 Å². The Morgan fingerprint density at radius 1 is 1.38 bits per heavy atom. The average molecular weight is 287 g/mol. The number of rotatable bonds is 5. The Balaban J connectivity index is 2.01. The first-order valence-corrected chi connectivity index (χ1v) is 6.93. The second-order valence-electron chi connectivity index (χ2n) is 5.13. The van der Waals surface area contributed by atoms with Gasteiger partial charge in [-0.1, -0.05) is 12.1 Å². The van der Waals surface area contributed by atoms with Crippen molar-refractivity contribution in [3.63, 3.8) is 0 Å². The van der Waals surface area contributed by atoms with E-state index in [0.717, 1.165) is 22.9 Å². The van der Waals surface area contributed by atoms with Crippen LogP contribution in [0.15, 0.2) is 24.3 Å². The van der Waals surface area contributed by atoms with Crippen molar-refractivity contribution in [2.45, 2.75) is 33.4 Å². The maximum Gasteiger partial charge on any atom is 0.221 e. The van der Waals surface area contributed by atoms with Crippen molar-refractivity contribution in [3.05, 3.63) is 41.5 Å². The molecule has 2 rings (SSSR count). The van der Waals surface area contributed by atoms with Gasteiger partial charge in [-0.3, -0.25) is 4.79 Å². The molecule has 1 aromatic heterocycles. The highest BCUT2D eigenvalue weighted by Gasteiger charge is 2.09. The Labute approximate surface area is 124 Å². The van der Waals surface area contributed by atoms with Crippen LogP contribution >= 0.6 is 0 Å². The largest absolute Gasteiger partial charge is 0.326 e. The predicted molar refractivity (Wildman–Crippen MR) is 81.7 cm³/mol. The van der Waals surface area contributed by atoms with Crippen molar-refractivity contribution in [3.8, 4) is 0 Å². The van der Waals surface area contributed by atoms with Crippen molar-refractivity contribution in [1.29, 1.82) is 0 Å². The van der Waals surface area contributed by atoms with Gasteiger partial charge in [0.05, 0.1) is 6.54 Å². The summed E-state index contributed by atoms with van der Waals surface area (Å²) in [4.78, 5) is 11.1. The first kappa shape index (κ1) is 15.2. The summed E-state index contributed by atoms with van der Waals surface area (Å²) in [5.41, 5.74) is 1.92. The van der Waals surface area contributed by atoms with Crippen molar-refractivity contribution in [1.82, 2.24) is 20.1 Å². The zero-order valence-corrected chi connectivity index (χ0v) is 12.8. The summed E-state index contributed by atoms with van der Waals surface area (Å²) in [7, 11) is 1.95. The third kappa shape index (κ3) is 3.88. The van der Waals surface area contributed by atoms with Crippen LogP contribution in [-0.4, -0.2) is 20.7 Å². The summed E-state index contributed by atoms with van der Waals surface area (Å²) in [5.74, 6) is 1.73. The van der Waals surface area contributed by atoms with E-state index in [2.05, 4.69) is 27.8 Å². The second-order valence-corrected chi connectivity index (χ2v) is 5.13. The minimum atomic E-state index is -0.0673. The normalized spacial score (nSPS) is 12.2. The number of anilines is 1. The lowest BCUT2D eigenvalue weighted by Crippen LogP contribution is -2.20. The van der Waals surface area contributed by atoms with E-state index in [0.29, 0.717) is 6.54 Å². The van der Waals surface area contributed by atoms with Crippen molar-refractivity contribution >= 4 is 11.6 Å². The molecule has 1 heterocycles. The van der Waals surface area contributed by atoms with Crippen LogP contribution in [0, 0.1) is 6.92 Å². The Morgan fingerprint density at radius 2 is 2.14 bits per heavy atom. The summed E-state index contributed by atoms with van der Waals surface area (Å²) in [6, 6.07) is 7.97. The fourth-order valence-corrected chi connectivity index (χ4v) is 2.06. The van der Waals surface area contributed by atoms with E-state index < -0.39 is 0 Å². The number of nitrogens with zero attached hydrogens (tertiary/aromatic N) is 3. The Kier molecular flexibility index (Phi) is 4.70.